The summed E-state index contributed by atoms with van der Waals surface area (Å²) < 4.78 is 5.45. The first kappa shape index (κ1) is 36.1. The maximum atomic E-state index is 14.4. The largest absolute Gasteiger partial charge is 0.444 e. The van der Waals surface area contributed by atoms with Crippen LogP contribution in [0.1, 0.15) is 134 Å². The molecule has 0 aliphatic heterocycles. The molecule has 2 atom stereocenters. The molecule has 1 aromatic carbocycles. The number of rotatable bonds is 16. The van der Waals surface area contributed by atoms with E-state index < -0.39 is 35.6 Å². The number of aryl methyl sites for hydroxylation is 2. The lowest BCUT2D eigenvalue weighted by Gasteiger charge is -2.36. The Kier molecular flexibility index (Phi) is 15.0. The van der Waals surface area contributed by atoms with Crippen molar-refractivity contribution in [3.63, 3.8) is 0 Å². The van der Waals surface area contributed by atoms with Gasteiger partial charge >= 0.3 is 6.09 Å². The summed E-state index contributed by atoms with van der Waals surface area (Å²) in [6, 6.07) is 3.95. The van der Waals surface area contributed by atoms with Gasteiger partial charge in [-0.05, 0) is 77.0 Å². The topological polar surface area (TPSA) is 131 Å². The molecule has 2 unspecified atom stereocenters. The monoisotopic (exact) mass is 600 g/mol. The van der Waals surface area contributed by atoms with Crippen molar-refractivity contribution < 1.29 is 23.9 Å². The van der Waals surface area contributed by atoms with Gasteiger partial charge in [0.05, 0.1) is 0 Å². The maximum Gasteiger partial charge on any atom is 0.408 e. The number of nitrogens with two attached hydrogens (primary N) is 1. The van der Waals surface area contributed by atoms with Gasteiger partial charge in [-0.3, -0.25) is 14.4 Å². The second-order valence-electron chi connectivity index (χ2n) is 13.1. The van der Waals surface area contributed by atoms with Crippen molar-refractivity contribution in [3.05, 3.63) is 34.9 Å². The molecular weight excluding hydrogens is 544 g/mol. The molecule has 0 radical (unpaired) electrons. The molecule has 43 heavy (non-hydrogen) atoms. The van der Waals surface area contributed by atoms with Gasteiger partial charge in [-0.2, -0.15) is 0 Å². The van der Waals surface area contributed by atoms with Gasteiger partial charge in [0.1, 0.15) is 17.7 Å². The number of carbonyl (C=O) groups excluding carboxylic acids is 4. The number of nitrogens with zero attached hydrogens (tertiary/aromatic N) is 1. The van der Waals surface area contributed by atoms with E-state index in [2.05, 4.69) is 17.6 Å². The van der Waals surface area contributed by atoms with E-state index in [9.17, 15) is 19.2 Å². The summed E-state index contributed by atoms with van der Waals surface area (Å²) in [5, 5.41) is 5.93. The molecule has 9 heteroatoms. The molecule has 0 heterocycles. The van der Waals surface area contributed by atoms with Gasteiger partial charge in [0, 0.05) is 19.0 Å². The van der Waals surface area contributed by atoms with Crippen molar-refractivity contribution in [2.24, 2.45) is 5.73 Å². The van der Waals surface area contributed by atoms with Crippen molar-refractivity contribution in [2.45, 2.75) is 149 Å². The van der Waals surface area contributed by atoms with Gasteiger partial charge < -0.3 is 26.0 Å². The molecule has 2 rings (SSSR count). The quantitative estimate of drug-likeness (QED) is 0.196. The van der Waals surface area contributed by atoms with Gasteiger partial charge in [-0.1, -0.05) is 76.5 Å². The highest BCUT2D eigenvalue weighted by molar-refractivity contribution is 5.92. The minimum absolute atomic E-state index is 0.00427. The van der Waals surface area contributed by atoms with Crippen molar-refractivity contribution in [3.8, 4) is 0 Å². The SMILES string of the molecule is CCCCCCCCN(C(=O)C(CCC(N)=O)NC(=O)OC(C)(C)C)C(C(=O)NC1CCCCC1)c1ccc(C)c(C)c1. The number of ether oxygens (including phenoxy) is 1. The fourth-order valence-electron chi connectivity index (χ4n) is 5.56. The Morgan fingerprint density at radius 1 is 0.977 bits per heavy atom. The summed E-state index contributed by atoms with van der Waals surface area (Å²) >= 11 is 0. The van der Waals surface area contributed by atoms with Gasteiger partial charge in [0.2, 0.25) is 17.7 Å². The zero-order valence-electron chi connectivity index (χ0n) is 27.4. The van der Waals surface area contributed by atoms with Crippen LogP contribution in [0.3, 0.4) is 0 Å². The molecule has 0 spiro atoms. The van der Waals surface area contributed by atoms with E-state index in [0.717, 1.165) is 80.9 Å². The van der Waals surface area contributed by atoms with Crippen LogP contribution in [-0.4, -0.2) is 52.9 Å². The third-order valence-corrected chi connectivity index (χ3v) is 8.06. The second-order valence-corrected chi connectivity index (χ2v) is 13.1. The van der Waals surface area contributed by atoms with E-state index in [1.54, 1.807) is 25.7 Å². The highest BCUT2D eigenvalue weighted by Gasteiger charge is 2.37. The lowest BCUT2D eigenvalue weighted by molar-refractivity contribution is -0.143. The summed E-state index contributed by atoms with van der Waals surface area (Å²) in [6.07, 6.45) is 10.3. The number of unbranched alkanes of at least 4 members (excludes halogenated alkanes) is 5. The molecule has 1 aliphatic rings. The Balaban J connectivity index is 2.49. The first-order chi connectivity index (χ1) is 20.3. The van der Waals surface area contributed by atoms with Crippen LogP contribution in [0.4, 0.5) is 4.79 Å². The number of nitrogens with one attached hydrogen (secondary N) is 2. The van der Waals surface area contributed by atoms with E-state index in [1.807, 2.05) is 32.0 Å². The van der Waals surface area contributed by atoms with Gasteiger partial charge in [0.15, 0.2) is 0 Å². The van der Waals surface area contributed by atoms with Crippen LogP contribution >= 0.6 is 0 Å². The lowest BCUT2D eigenvalue weighted by atomic mass is 9.93. The standard InChI is InChI=1S/C34H56N4O5/c1-7-8-9-10-11-15-22-38(32(41)28(20-21-29(35)39)37-33(42)43-34(4,5)6)30(26-19-18-24(2)25(3)23-26)31(40)36-27-16-13-12-14-17-27/h18-19,23,27-28,30H,7-17,20-22H2,1-6H3,(H2,35,39)(H,36,40)(H,37,42). The molecule has 0 bridgehead atoms. The normalized spacial score (nSPS) is 15.3. The van der Waals surface area contributed by atoms with Gasteiger partial charge in [0.25, 0.3) is 0 Å². The summed E-state index contributed by atoms with van der Waals surface area (Å²) in [7, 11) is 0. The van der Waals surface area contributed by atoms with E-state index in [-0.39, 0.29) is 24.8 Å². The molecule has 242 valence electrons. The highest BCUT2D eigenvalue weighted by atomic mass is 16.6. The average molecular weight is 601 g/mol. The van der Waals surface area contributed by atoms with E-state index in [0.29, 0.717) is 13.0 Å². The predicted octanol–water partition coefficient (Wildman–Crippen LogP) is 6.14. The zero-order chi connectivity index (χ0) is 32.0. The first-order valence-electron chi connectivity index (χ1n) is 16.3. The van der Waals surface area contributed by atoms with Gasteiger partial charge in [-0.25, -0.2) is 4.79 Å². The molecule has 0 saturated heterocycles. The van der Waals surface area contributed by atoms with Crippen LogP contribution in [0, 0.1) is 13.8 Å². The molecule has 1 saturated carbocycles. The first-order valence-corrected chi connectivity index (χ1v) is 16.3. The van der Waals surface area contributed by atoms with Crippen LogP contribution < -0.4 is 16.4 Å². The van der Waals surface area contributed by atoms with E-state index in [4.69, 9.17) is 10.5 Å². The Morgan fingerprint density at radius 3 is 2.23 bits per heavy atom. The number of hydrogen-bond donors (Lipinski definition) is 3. The van der Waals surface area contributed by atoms with Crippen LogP contribution in [0.2, 0.25) is 0 Å². The predicted molar refractivity (Wildman–Crippen MR) is 170 cm³/mol. The van der Waals surface area contributed by atoms with E-state index in [1.165, 1.54) is 0 Å². The van der Waals surface area contributed by atoms with Crippen molar-refractivity contribution in [2.75, 3.05) is 6.54 Å². The number of benzene rings is 1. The third kappa shape index (κ3) is 13.0. The summed E-state index contributed by atoms with van der Waals surface area (Å²) in [5.74, 6) is -1.23. The minimum Gasteiger partial charge on any atom is -0.444 e. The summed E-state index contributed by atoms with van der Waals surface area (Å²) in [5.41, 5.74) is 7.51. The van der Waals surface area contributed by atoms with Crippen LogP contribution in [0.25, 0.3) is 0 Å². The number of hydrogen-bond acceptors (Lipinski definition) is 5. The smallest absolute Gasteiger partial charge is 0.408 e. The Hall–Kier alpha value is -3.10. The molecule has 4 amide bonds. The van der Waals surface area contributed by atoms with Crippen LogP contribution in [0.15, 0.2) is 18.2 Å². The molecular formula is C34H56N4O5. The Bertz CT molecular complexity index is 1060. The average Bonchev–Trinajstić information content (AvgIpc) is 2.93. The summed E-state index contributed by atoms with van der Waals surface area (Å²) in [6.45, 7) is 11.7. The molecule has 1 aliphatic carbocycles. The van der Waals surface area contributed by atoms with Crippen molar-refractivity contribution in [1.29, 1.82) is 0 Å². The second kappa shape index (κ2) is 17.9. The fourth-order valence-corrected chi connectivity index (χ4v) is 5.56. The number of carbonyl (C=O) groups is 4. The highest BCUT2D eigenvalue weighted by Crippen LogP contribution is 2.28. The zero-order valence-corrected chi connectivity index (χ0v) is 27.4. The van der Waals surface area contributed by atoms with Crippen LogP contribution in [0.5, 0.6) is 0 Å². The van der Waals surface area contributed by atoms with E-state index >= 15 is 0 Å². The number of amides is 4. The third-order valence-electron chi connectivity index (χ3n) is 8.06. The molecule has 9 nitrogen and oxygen atoms in total. The Morgan fingerprint density at radius 2 is 1.63 bits per heavy atom. The number of alkyl carbamates (subject to hydrolysis) is 1. The molecule has 4 N–H and O–H groups in total. The van der Waals surface area contributed by atoms with Gasteiger partial charge in [-0.15, -0.1) is 0 Å². The Labute approximate surface area is 259 Å². The molecule has 0 aromatic heterocycles. The maximum absolute atomic E-state index is 14.4. The summed E-state index contributed by atoms with van der Waals surface area (Å²) in [4.78, 5) is 54.7. The van der Waals surface area contributed by atoms with Crippen LogP contribution in [-0.2, 0) is 19.1 Å². The molecule has 1 aromatic rings. The fraction of sp³-hybridized carbons (Fsp3) is 0.706. The van der Waals surface area contributed by atoms with Crippen molar-refractivity contribution >= 4 is 23.8 Å². The molecule has 1 fully saturated rings. The van der Waals surface area contributed by atoms with Crippen molar-refractivity contribution in [1.82, 2.24) is 15.5 Å². The minimum atomic E-state index is -1.08. The lowest BCUT2D eigenvalue weighted by Crippen LogP contribution is -2.54. The number of primary amides is 1.